The SMILES string of the molecule is O=C(COc1ccccc1Cl)NC1CCC(n2cc(C(=O)NC3CC3)nn2)CC1. The Balaban J connectivity index is 1.21. The molecule has 2 aliphatic rings. The predicted molar refractivity (Wildman–Crippen MR) is 107 cm³/mol. The molecule has 2 aromatic rings. The molecule has 0 atom stereocenters. The molecule has 2 N–H and O–H groups in total. The molecule has 2 aliphatic carbocycles. The number of para-hydroxylation sites is 1. The smallest absolute Gasteiger partial charge is 0.273 e. The van der Waals surface area contributed by atoms with E-state index in [0.717, 1.165) is 38.5 Å². The van der Waals surface area contributed by atoms with Crippen molar-refractivity contribution >= 4 is 23.4 Å². The van der Waals surface area contributed by atoms with Crippen LogP contribution >= 0.6 is 11.6 Å². The van der Waals surface area contributed by atoms with Gasteiger partial charge in [0.2, 0.25) is 0 Å². The molecule has 8 nitrogen and oxygen atoms in total. The molecule has 0 unspecified atom stereocenters. The molecule has 1 aromatic carbocycles. The second kappa shape index (κ2) is 8.82. The van der Waals surface area contributed by atoms with Crippen molar-refractivity contribution in [3.63, 3.8) is 0 Å². The Morgan fingerprint density at radius 2 is 1.76 bits per heavy atom. The van der Waals surface area contributed by atoms with Gasteiger partial charge in [-0.1, -0.05) is 28.9 Å². The third-order valence-electron chi connectivity index (χ3n) is 5.29. The van der Waals surface area contributed by atoms with E-state index >= 15 is 0 Å². The average molecular weight is 418 g/mol. The van der Waals surface area contributed by atoms with E-state index < -0.39 is 0 Å². The summed E-state index contributed by atoms with van der Waals surface area (Å²) < 4.78 is 7.26. The molecule has 0 aliphatic heterocycles. The standard InChI is InChI=1S/C20H24ClN5O3/c21-16-3-1-2-4-18(16)29-12-19(27)22-13-7-9-15(10-8-13)26-11-17(24-25-26)20(28)23-14-5-6-14/h1-4,11,13-15H,5-10,12H2,(H,22,27)(H,23,28). The number of hydrogen-bond acceptors (Lipinski definition) is 5. The first-order chi connectivity index (χ1) is 14.1. The minimum Gasteiger partial charge on any atom is -0.482 e. The maximum absolute atomic E-state index is 12.2. The maximum Gasteiger partial charge on any atom is 0.273 e. The van der Waals surface area contributed by atoms with Crippen molar-refractivity contribution in [1.82, 2.24) is 25.6 Å². The Morgan fingerprint density at radius 1 is 1.07 bits per heavy atom. The van der Waals surface area contributed by atoms with E-state index in [1.54, 1.807) is 23.0 Å². The zero-order valence-electron chi connectivity index (χ0n) is 16.0. The van der Waals surface area contributed by atoms with Crippen molar-refractivity contribution < 1.29 is 14.3 Å². The quantitative estimate of drug-likeness (QED) is 0.721. The molecule has 4 rings (SSSR count). The number of aromatic nitrogens is 3. The van der Waals surface area contributed by atoms with E-state index in [-0.39, 0.29) is 30.5 Å². The number of amides is 2. The summed E-state index contributed by atoms with van der Waals surface area (Å²) in [6.07, 6.45) is 7.21. The molecular formula is C20H24ClN5O3. The Hall–Kier alpha value is -2.61. The minimum atomic E-state index is -0.159. The lowest BCUT2D eigenvalue weighted by Gasteiger charge is -2.28. The Bertz CT molecular complexity index is 875. The van der Waals surface area contributed by atoms with Crippen molar-refractivity contribution in [2.75, 3.05) is 6.61 Å². The molecule has 0 radical (unpaired) electrons. The summed E-state index contributed by atoms with van der Waals surface area (Å²) in [6, 6.07) is 7.68. The highest BCUT2D eigenvalue weighted by atomic mass is 35.5. The number of carbonyl (C=O) groups excluding carboxylic acids is 2. The van der Waals surface area contributed by atoms with Crippen LogP contribution in [0, 0.1) is 0 Å². The van der Waals surface area contributed by atoms with Gasteiger partial charge in [0.05, 0.1) is 17.3 Å². The van der Waals surface area contributed by atoms with Gasteiger partial charge in [0.25, 0.3) is 11.8 Å². The molecule has 9 heteroatoms. The second-order valence-corrected chi connectivity index (χ2v) is 8.03. The average Bonchev–Trinajstić information content (AvgIpc) is 3.39. The van der Waals surface area contributed by atoms with Crippen molar-refractivity contribution in [2.24, 2.45) is 0 Å². The van der Waals surface area contributed by atoms with Crippen molar-refractivity contribution in [3.05, 3.63) is 41.2 Å². The number of halogens is 1. The van der Waals surface area contributed by atoms with Gasteiger partial charge >= 0.3 is 0 Å². The van der Waals surface area contributed by atoms with Crippen LogP contribution in [-0.2, 0) is 4.79 Å². The lowest BCUT2D eigenvalue weighted by Crippen LogP contribution is -2.40. The van der Waals surface area contributed by atoms with Crippen LogP contribution in [0.3, 0.4) is 0 Å². The van der Waals surface area contributed by atoms with Crippen molar-refractivity contribution in [1.29, 1.82) is 0 Å². The summed E-state index contributed by atoms with van der Waals surface area (Å²) in [6.45, 7) is -0.0633. The fraction of sp³-hybridized carbons (Fsp3) is 0.500. The van der Waals surface area contributed by atoms with Crippen LogP contribution in [0.2, 0.25) is 5.02 Å². The number of rotatable bonds is 7. The highest BCUT2D eigenvalue weighted by molar-refractivity contribution is 6.32. The largest absolute Gasteiger partial charge is 0.482 e. The number of benzene rings is 1. The maximum atomic E-state index is 12.2. The van der Waals surface area contributed by atoms with Gasteiger partial charge in [-0.05, 0) is 50.7 Å². The minimum absolute atomic E-state index is 0.0633. The summed E-state index contributed by atoms with van der Waals surface area (Å²) in [5.41, 5.74) is 0.365. The summed E-state index contributed by atoms with van der Waals surface area (Å²) in [5, 5.41) is 14.6. The van der Waals surface area contributed by atoms with Crippen molar-refractivity contribution in [2.45, 2.75) is 56.7 Å². The summed E-state index contributed by atoms with van der Waals surface area (Å²) in [4.78, 5) is 24.2. The van der Waals surface area contributed by atoms with Crippen LogP contribution in [0.1, 0.15) is 55.1 Å². The van der Waals surface area contributed by atoms with Crippen LogP contribution in [0.4, 0.5) is 0 Å². The first-order valence-corrected chi connectivity index (χ1v) is 10.4. The summed E-state index contributed by atoms with van der Waals surface area (Å²) in [5.74, 6) is 0.187. The van der Waals surface area contributed by atoms with Crippen LogP contribution in [0.5, 0.6) is 5.75 Å². The number of carbonyl (C=O) groups is 2. The Morgan fingerprint density at radius 3 is 2.48 bits per heavy atom. The highest BCUT2D eigenvalue weighted by Gasteiger charge is 2.27. The van der Waals surface area contributed by atoms with Gasteiger partial charge in [-0.3, -0.25) is 9.59 Å². The molecule has 2 fully saturated rings. The molecule has 2 saturated carbocycles. The molecule has 0 spiro atoms. The van der Waals surface area contributed by atoms with Gasteiger partial charge in [0, 0.05) is 12.1 Å². The van der Waals surface area contributed by atoms with Gasteiger partial charge in [0.1, 0.15) is 5.75 Å². The lowest BCUT2D eigenvalue weighted by atomic mass is 9.91. The van der Waals surface area contributed by atoms with Crippen molar-refractivity contribution in [3.8, 4) is 5.75 Å². The van der Waals surface area contributed by atoms with E-state index in [9.17, 15) is 9.59 Å². The van der Waals surface area contributed by atoms with Gasteiger partial charge < -0.3 is 15.4 Å². The van der Waals surface area contributed by atoms with Crippen LogP contribution < -0.4 is 15.4 Å². The van der Waals surface area contributed by atoms with Crippen LogP contribution in [-0.4, -0.2) is 45.5 Å². The first kappa shape index (κ1) is 19.7. The Labute approximate surface area is 173 Å². The molecule has 0 bridgehead atoms. The Kier molecular flexibility index (Phi) is 5.99. The van der Waals surface area contributed by atoms with Gasteiger partial charge in [0.15, 0.2) is 12.3 Å². The summed E-state index contributed by atoms with van der Waals surface area (Å²) >= 11 is 6.03. The number of ether oxygens (including phenoxy) is 1. The fourth-order valence-corrected chi connectivity index (χ4v) is 3.70. The number of hydrogen-bond donors (Lipinski definition) is 2. The lowest BCUT2D eigenvalue weighted by molar-refractivity contribution is -0.124. The molecule has 2 amide bonds. The van der Waals surface area contributed by atoms with Crippen LogP contribution in [0.25, 0.3) is 0 Å². The third-order valence-corrected chi connectivity index (χ3v) is 5.60. The fourth-order valence-electron chi connectivity index (χ4n) is 3.51. The van der Waals surface area contributed by atoms with E-state index in [4.69, 9.17) is 16.3 Å². The monoisotopic (exact) mass is 417 g/mol. The third kappa shape index (κ3) is 5.26. The van der Waals surface area contributed by atoms with Gasteiger partial charge in [-0.15, -0.1) is 5.10 Å². The molecule has 154 valence electrons. The molecule has 0 saturated heterocycles. The predicted octanol–water partition coefficient (Wildman–Crippen LogP) is 2.50. The summed E-state index contributed by atoms with van der Waals surface area (Å²) in [7, 11) is 0. The number of nitrogens with one attached hydrogen (secondary N) is 2. The van der Waals surface area contributed by atoms with E-state index in [2.05, 4.69) is 20.9 Å². The molecule has 29 heavy (non-hydrogen) atoms. The highest BCUT2D eigenvalue weighted by Crippen LogP contribution is 2.28. The molecular weight excluding hydrogens is 394 g/mol. The molecule has 1 aromatic heterocycles. The van der Waals surface area contributed by atoms with Gasteiger partial charge in [-0.2, -0.15) is 0 Å². The number of nitrogens with zero attached hydrogens (tertiary/aromatic N) is 3. The topological polar surface area (TPSA) is 98.1 Å². The zero-order chi connectivity index (χ0) is 20.2. The van der Waals surface area contributed by atoms with Gasteiger partial charge in [-0.25, -0.2) is 4.68 Å². The molecule has 1 heterocycles. The van der Waals surface area contributed by atoms with E-state index in [1.807, 2.05) is 12.1 Å². The van der Waals surface area contributed by atoms with E-state index in [0.29, 0.717) is 22.5 Å². The van der Waals surface area contributed by atoms with Crippen LogP contribution in [0.15, 0.2) is 30.5 Å². The normalized spacial score (nSPS) is 21.4. The zero-order valence-corrected chi connectivity index (χ0v) is 16.8. The second-order valence-electron chi connectivity index (χ2n) is 7.62. The van der Waals surface area contributed by atoms with E-state index in [1.165, 1.54) is 0 Å². The first-order valence-electron chi connectivity index (χ1n) is 9.98.